The van der Waals surface area contributed by atoms with Crippen LogP contribution in [0.15, 0.2) is 36.0 Å². The van der Waals surface area contributed by atoms with Crippen molar-refractivity contribution in [1.82, 2.24) is 10.3 Å². The molecule has 1 heterocycles. The summed E-state index contributed by atoms with van der Waals surface area (Å²) in [6.45, 7) is 3.05. The quantitative estimate of drug-likeness (QED) is 0.863. The zero-order chi connectivity index (χ0) is 12.8. The minimum absolute atomic E-state index is 0.134. The normalized spacial score (nSPS) is 12.6. The lowest BCUT2D eigenvalue weighted by atomic mass is 10.0. The number of hydrogen-bond acceptors (Lipinski definition) is 3. The van der Waals surface area contributed by atoms with E-state index < -0.39 is 0 Å². The number of aromatic nitrogens is 1. The van der Waals surface area contributed by atoms with Gasteiger partial charge in [-0.15, -0.1) is 11.3 Å². The van der Waals surface area contributed by atoms with Crippen LogP contribution in [0.25, 0.3) is 0 Å². The van der Waals surface area contributed by atoms with Crippen molar-refractivity contribution in [2.45, 2.75) is 25.8 Å². The Hall–Kier alpha value is -1.26. The number of hydrogen-bond donors (Lipinski definition) is 1. The first-order valence-electron chi connectivity index (χ1n) is 6.16. The molecule has 0 radical (unpaired) electrons. The summed E-state index contributed by atoms with van der Waals surface area (Å²) >= 11 is 1.61. The summed E-state index contributed by atoms with van der Waals surface area (Å²) < 4.78 is 13.7. The summed E-state index contributed by atoms with van der Waals surface area (Å²) in [4.78, 5) is 5.26. The first kappa shape index (κ1) is 13.2. The second-order valence-electron chi connectivity index (χ2n) is 4.21. The molecule has 4 heteroatoms. The van der Waals surface area contributed by atoms with E-state index in [1.807, 2.05) is 23.8 Å². The maximum atomic E-state index is 13.7. The van der Waals surface area contributed by atoms with Gasteiger partial charge in [-0.1, -0.05) is 25.1 Å². The number of rotatable bonds is 6. The van der Waals surface area contributed by atoms with E-state index in [9.17, 15) is 4.39 Å². The molecule has 1 atom stereocenters. The molecule has 1 unspecified atom stereocenters. The summed E-state index contributed by atoms with van der Waals surface area (Å²) in [6, 6.07) is 7.10. The third-order valence-electron chi connectivity index (χ3n) is 2.82. The lowest BCUT2D eigenvalue weighted by Crippen LogP contribution is -2.23. The highest BCUT2D eigenvalue weighted by Crippen LogP contribution is 2.22. The maximum Gasteiger partial charge on any atom is 0.126 e. The van der Waals surface area contributed by atoms with Crippen LogP contribution in [-0.2, 0) is 6.42 Å². The SMILES string of the molecule is CCCNC(Cc1ccccc1F)c1cncs1. The fraction of sp³-hybridized carbons (Fsp3) is 0.357. The summed E-state index contributed by atoms with van der Waals surface area (Å²) in [5.74, 6) is -0.134. The molecule has 0 aliphatic rings. The average molecular weight is 264 g/mol. The molecule has 1 aromatic heterocycles. The van der Waals surface area contributed by atoms with E-state index in [4.69, 9.17) is 0 Å². The third kappa shape index (κ3) is 3.37. The molecule has 2 nitrogen and oxygen atoms in total. The highest BCUT2D eigenvalue weighted by Gasteiger charge is 2.14. The maximum absolute atomic E-state index is 13.7. The Labute approximate surface area is 111 Å². The fourth-order valence-electron chi connectivity index (χ4n) is 1.87. The lowest BCUT2D eigenvalue weighted by Gasteiger charge is -2.17. The van der Waals surface area contributed by atoms with Gasteiger partial charge in [0.05, 0.1) is 5.51 Å². The average Bonchev–Trinajstić information content (AvgIpc) is 2.90. The summed E-state index contributed by atoms with van der Waals surface area (Å²) in [5.41, 5.74) is 2.57. The molecule has 18 heavy (non-hydrogen) atoms. The molecular weight excluding hydrogens is 247 g/mol. The zero-order valence-corrected chi connectivity index (χ0v) is 11.2. The van der Waals surface area contributed by atoms with Gasteiger partial charge in [0.25, 0.3) is 0 Å². The molecule has 2 rings (SSSR count). The van der Waals surface area contributed by atoms with E-state index in [1.54, 1.807) is 17.4 Å². The second kappa shape index (κ2) is 6.61. The molecule has 0 bridgehead atoms. The topological polar surface area (TPSA) is 24.9 Å². The highest BCUT2D eigenvalue weighted by atomic mass is 32.1. The van der Waals surface area contributed by atoms with Crippen molar-refractivity contribution < 1.29 is 4.39 Å². The third-order valence-corrected chi connectivity index (χ3v) is 3.71. The molecule has 0 saturated carbocycles. The Bertz CT molecular complexity index is 470. The Morgan fingerprint density at radius 3 is 2.89 bits per heavy atom. The molecule has 0 saturated heterocycles. The van der Waals surface area contributed by atoms with Gasteiger partial charge in [0, 0.05) is 17.1 Å². The predicted octanol–water partition coefficient (Wildman–Crippen LogP) is 3.57. The molecule has 0 aliphatic heterocycles. The van der Waals surface area contributed by atoms with E-state index in [1.165, 1.54) is 6.07 Å². The van der Waals surface area contributed by atoms with Crippen LogP contribution in [0.3, 0.4) is 0 Å². The minimum atomic E-state index is -0.134. The van der Waals surface area contributed by atoms with Crippen LogP contribution in [-0.4, -0.2) is 11.5 Å². The van der Waals surface area contributed by atoms with Gasteiger partial charge < -0.3 is 5.32 Å². The summed E-state index contributed by atoms with van der Waals surface area (Å²) in [6.07, 6.45) is 3.58. The van der Waals surface area contributed by atoms with Crippen molar-refractivity contribution in [2.75, 3.05) is 6.54 Å². The van der Waals surface area contributed by atoms with Crippen molar-refractivity contribution in [3.8, 4) is 0 Å². The van der Waals surface area contributed by atoms with E-state index >= 15 is 0 Å². The van der Waals surface area contributed by atoms with Gasteiger partial charge >= 0.3 is 0 Å². The molecule has 0 aliphatic carbocycles. The van der Waals surface area contributed by atoms with Gasteiger partial charge in [0.1, 0.15) is 5.82 Å². The lowest BCUT2D eigenvalue weighted by molar-refractivity contribution is 0.518. The molecule has 2 aromatic rings. The standard InChI is InChI=1S/C14H17FN2S/c1-2-7-17-13(14-9-16-10-18-14)8-11-5-3-4-6-12(11)15/h3-6,9-10,13,17H,2,7-8H2,1H3. The Balaban J connectivity index is 2.13. The Kier molecular flexibility index (Phi) is 4.84. The molecule has 0 fully saturated rings. The van der Waals surface area contributed by atoms with Crippen molar-refractivity contribution in [1.29, 1.82) is 0 Å². The predicted molar refractivity (Wildman–Crippen MR) is 73.3 cm³/mol. The summed E-state index contributed by atoms with van der Waals surface area (Å²) in [5, 5.41) is 3.45. The molecule has 0 spiro atoms. The van der Waals surface area contributed by atoms with Crippen molar-refractivity contribution in [3.63, 3.8) is 0 Å². The van der Waals surface area contributed by atoms with Crippen molar-refractivity contribution in [3.05, 3.63) is 52.2 Å². The monoisotopic (exact) mass is 264 g/mol. The zero-order valence-electron chi connectivity index (χ0n) is 10.4. The number of nitrogens with one attached hydrogen (secondary N) is 1. The highest BCUT2D eigenvalue weighted by molar-refractivity contribution is 7.09. The molecule has 1 aromatic carbocycles. The number of nitrogens with zero attached hydrogens (tertiary/aromatic N) is 1. The van der Waals surface area contributed by atoms with Crippen molar-refractivity contribution >= 4 is 11.3 Å². The van der Waals surface area contributed by atoms with E-state index in [-0.39, 0.29) is 11.9 Å². The molecular formula is C14H17FN2S. The first-order valence-corrected chi connectivity index (χ1v) is 7.04. The minimum Gasteiger partial charge on any atom is -0.309 e. The first-order chi connectivity index (χ1) is 8.81. The van der Waals surface area contributed by atoms with Gasteiger partial charge in [0.2, 0.25) is 0 Å². The van der Waals surface area contributed by atoms with E-state index in [0.717, 1.165) is 23.4 Å². The largest absolute Gasteiger partial charge is 0.309 e. The number of halogens is 1. The Morgan fingerprint density at radius 2 is 2.22 bits per heavy atom. The molecule has 0 amide bonds. The smallest absolute Gasteiger partial charge is 0.126 e. The van der Waals surface area contributed by atoms with E-state index in [0.29, 0.717) is 6.42 Å². The van der Waals surface area contributed by atoms with Crippen LogP contribution in [0, 0.1) is 5.82 Å². The Morgan fingerprint density at radius 1 is 1.39 bits per heavy atom. The van der Waals surface area contributed by atoms with Gasteiger partial charge in [-0.25, -0.2) is 4.39 Å². The van der Waals surface area contributed by atoms with Crippen LogP contribution in [0.2, 0.25) is 0 Å². The van der Waals surface area contributed by atoms with Gasteiger partial charge in [-0.05, 0) is 31.0 Å². The van der Waals surface area contributed by atoms with Gasteiger partial charge in [-0.2, -0.15) is 0 Å². The van der Waals surface area contributed by atoms with Crippen LogP contribution in [0.1, 0.15) is 29.8 Å². The molecule has 1 N–H and O–H groups in total. The van der Waals surface area contributed by atoms with Gasteiger partial charge in [0.15, 0.2) is 0 Å². The second-order valence-corrected chi connectivity index (χ2v) is 5.12. The van der Waals surface area contributed by atoms with Crippen LogP contribution >= 0.6 is 11.3 Å². The number of benzene rings is 1. The van der Waals surface area contributed by atoms with E-state index in [2.05, 4.69) is 17.2 Å². The van der Waals surface area contributed by atoms with Crippen LogP contribution < -0.4 is 5.32 Å². The van der Waals surface area contributed by atoms with Crippen LogP contribution in [0.4, 0.5) is 4.39 Å². The summed E-state index contributed by atoms with van der Waals surface area (Å²) in [7, 11) is 0. The van der Waals surface area contributed by atoms with Crippen molar-refractivity contribution in [2.24, 2.45) is 0 Å². The number of thiazole rings is 1. The fourth-order valence-corrected chi connectivity index (χ4v) is 2.57. The van der Waals surface area contributed by atoms with Gasteiger partial charge in [-0.3, -0.25) is 4.98 Å². The molecule has 96 valence electrons. The van der Waals surface area contributed by atoms with Crippen LogP contribution in [0.5, 0.6) is 0 Å².